The Hall–Kier alpha value is -1.06. The maximum absolute atomic E-state index is 12.4. The van der Waals surface area contributed by atoms with Gasteiger partial charge in [0.25, 0.3) is 0 Å². The van der Waals surface area contributed by atoms with Gasteiger partial charge in [-0.2, -0.15) is 0 Å². The van der Waals surface area contributed by atoms with E-state index < -0.39 is 11.9 Å². The molecular weight excluding hydrogens is 230 g/mol. The van der Waals surface area contributed by atoms with E-state index in [0.29, 0.717) is 0 Å². The average Bonchev–Trinajstić information content (AvgIpc) is 2.38. The van der Waals surface area contributed by atoms with Gasteiger partial charge in [0.1, 0.15) is 5.92 Å². The van der Waals surface area contributed by atoms with Crippen molar-refractivity contribution in [1.82, 2.24) is 4.90 Å². The Bertz CT molecular complexity index is 295. The summed E-state index contributed by atoms with van der Waals surface area (Å²) in [6, 6.07) is 0.289. The molecule has 0 radical (unpaired) electrons. The van der Waals surface area contributed by atoms with E-state index in [1.165, 1.54) is 26.4 Å². The molecule has 4 heteroatoms. The SMILES string of the molecule is COC(=O)C(C(=O)N(C)C1CCCCC1)C(C)C. The van der Waals surface area contributed by atoms with Crippen LogP contribution in [-0.2, 0) is 14.3 Å². The van der Waals surface area contributed by atoms with E-state index in [1.54, 1.807) is 4.90 Å². The van der Waals surface area contributed by atoms with Gasteiger partial charge in [0, 0.05) is 13.1 Å². The highest BCUT2D eigenvalue weighted by Gasteiger charge is 2.35. The number of carbonyl (C=O) groups excluding carboxylic acids is 2. The Kier molecular flexibility index (Phi) is 5.63. The van der Waals surface area contributed by atoms with Crippen molar-refractivity contribution in [3.05, 3.63) is 0 Å². The molecule has 0 aromatic heterocycles. The summed E-state index contributed by atoms with van der Waals surface area (Å²) >= 11 is 0. The van der Waals surface area contributed by atoms with Gasteiger partial charge in [-0.25, -0.2) is 0 Å². The molecular formula is C14H25NO3. The second-order valence-electron chi connectivity index (χ2n) is 5.49. The standard InChI is InChI=1S/C14H25NO3/c1-10(2)12(14(17)18-4)13(16)15(3)11-8-6-5-7-9-11/h10-12H,5-9H2,1-4H3. The third-order valence-electron chi connectivity index (χ3n) is 3.86. The summed E-state index contributed by atoms with van der Waals surface area (Å²) < 4.78 is 4.75. The largest absolute Gasteiger partial charge is 0.468 e. The van der Waals surface area contributed by atoms with Crippen molar-refractivity contribution >= 4 is 11.9 Å². The lowest BCUT2D eigenvalue weighted by Gasteiger charge is -2.33. The van der Waals surface area contributed by atoms with Crippen molar-refractivity contribution in [2.75, 3.05) is 14.2 Å². The van der Waals surface area contributed by atoms with Crippen LogP contribution in [0.3, 0.4) is 0 Å². The number of amides is 1. The summed E-state index contributed by atoms with van der Waals surface area (Å²) in [4.78, 5) is 25.9. The normalized spacial score (nSPS) is 18.5. The molecule has 0 heterocycles. The van der Waals surface area contributed by atoms with Gasteiger partial charge >= 0.3 is 5.97 Å². The average molecular weight is 255 g/mol. The second kappa shape index (κ2) is 6.76. The topological polar surface area (TPSA) is 46.6 Å². The molecule has 104 valence electrons. The first-order valence-corrected chi connectivity index (χ1v) is 6.83. The summed E-state index contributed by atoms with van der Waals surface area (Å²) in [5, 5.41) is 0. The molecule has 18 heavy (non-hydrogen) atoms. The van der Waals surface area contributed by atoms with E-state index in [2.05, 4.69) is 0 Å². The number of ether oxygens (including phenoxy) is 1. The Morgan fingerprint density at radius 1 is 1.17 bits per heavy atom. The first kappa shape index (κ1) is 15.0. The van der Waals surface area contributed by atoms with Crippen molar-refractivity contribution in [3.63, 3.8) is 0 Å². The minimum Gasteiger partial charge on any atom is -0.468 e. The van der Waals surface area contributed by atoms with Crippen LogP contribution >= 0.6 is 0 Å². The maximum atomic E-state index is 12.4. The molecule has 1 saturated carbocycles. The first-order valence-electron chi connectivity index (χ1n) is 6.83. The monoisotopic (exact) mass is 255 g/mol. The summed E-state index contributed by atoms with van der Waals surface area (Å²) in [5.41, 5.74) is 0. The molecule has 1 atom stereocenters. The van der Waals surface area contributed by atoms with E-state index in [9.17, 15) is 9.59 Å². The molecule has 0 aliphatic heterocycles. The van der Waals surface area contributed by atoms with Crippen LogP contribution in [-0.4, -0.2) is 37.0 Å². The van der Waals surface area contributed by atoms with Gasteiger partial charge in [-0.05, 0) is 18.8 Å². The molecule has 1 rings (SSSR count). The Morgan fingerprint density at radius 2 is 1.72 bits per heavy atom. The van der Waals surface area contributed by atoms with Crippen LogP contribution in [0, 0.1) is 11.8 Å². The van der Waals surface area contributed by atoms with Gasteiger partial charge in [-0.3, -0.25) is 9.59 Å². The molecule has 0 aromatic rings. The highest BCUT2D eigenvalue weighted by atomic mass is 16.5. The highest BCUT2D eigenvalue weighted by molar-refractivity contribution is 5.98. The van der Waals surface area contributed by atoms with E-state index in [-0.39, 0.29) is 17.9 Å². The van der Waals surface area contributed by atoms with Crippen molar-refractivity contribution in [3.8, 4) is 0 Å². The molecule has 1 aliphatic rings. The predicted molar refractivity (Wildman–Crippen MR) is 70.0 cm³/mol. The highest BCUT2D eigenvalue weighted by Crippen LogP contribution is 2.24. The molecule has 1 unspecified atom stereocenters. The van der Waals surface area contributed by atoms with Crippen LogP contribution in [0.25, 0.3) is 0 Å². The van der Waals surface area contributed by atoms with Crippen LogP contribution in [0.1, 0.15) is 46.0 Å². The predicted octanol–water partition coefficient (Wildman–Crippen LogP) is 2.22. The fraction of sp³-hybridized carbons (Fsp3) is 0.857. The third-order valence-corrected chi connectivity index (χ3v) is 3.86. The summed E-state index contributed by atoms with van der Waals surface area (Å²) in [6.07, 6.45) is 5.70. The van der Waals surface area contributed by atoms with Gasteiger partial charge < -0.3 is 9.64 Å². The molecule has 0 spiro atoms. The lowest BCUT2D eigenvalue weighted by atomic mass is 9.90. The number of hydrogen-bond donors (Lipinski definition) is 0. The van der Waals surface area contributed by atoms with Crippen LogP contribution in [0.4, 0.5) is 0 Å². The number of carbonyl (C=O) groups is 2. The molecule has 0 saturated heterocycles. The van der Waals surface area contributed by atoms with Crippen molar-refractivity contribution in [2.45, 2.75) is 52.0 Å². The minimum atomic E-state index is -0.665. The van der Waals surface area contributed by atoms with E-state index in [1.807, 2.05) is 20.9 Å². The molecule has 1 fully saturated rings. The molecule has 0 aromatic carbocycles. The molecule has 1 amide bonds. The van der Waals surface area contributed by atoms with E-state index in [0.717, 1.165) is 12.8 Å². The number of hydrogen-bond acceptors (Lipinski definition) is 3. The smallest absolute Gasteiger partial charge is 0.318 e. The zero-order chi connectivity index (χ0) is 13.7. The number of methoxy groups -OCH3 is 1. The molecule has 1 aliphatic carbocycles. The molecule has 0 N–H and O–H groups in total. The fourth-order valence-electron chi connectivity index (χ4n) is 2.65. The Morgan fingerprint density at radius 3 is 2.17 bits per heavy atom. The van der Waals surface area contributed by atoms with Crippen LogP contribution in [0.5, 0.6) is 0 Å². The fourth-order valence-corrected chi connectivity index (χ4v) is 2.65. The van der Waals surface area contributed by atoms with Gasteiger partial charge in [-0.1, -0.05) is 33.1 Å². The van der Waals surface area contributed by atoms with Crippen LogP contribution < -0.4 is 0 Å². The summed E-state index contributed by atoms with van der Waals surface area (Å²) in [6.45, 7) is 3.77. The van der Waals surface area contributed by atoms with Gasteiger partial charge in [-0.15, -0.1) is 0 Å². The van der Waals surface area contributed by atoms with Gasteiger partial charge in [0.05, 0.1) is 7.11 Å². The summed E-state index contributed by atoms with van der Waals surface area (Å²) in [7, 11) is 3.16. The Labute approximate surface area is 110 Å². The zero-order valence-electron chi connectivity index (χ0n) is 11.9. The lowest BCUT2D eigenvalue weighted by molar-refractivity contribution is -0.156. The minimum absolute atomic E-state index is 0.0315. The number of esters is 1. The van der Waals surface area contributed by atoms with Gasteiger partial charge in [0.15, 0.2) is 0 Å². The Balaban J connectivity index is 2.72. The molecule has 4 nitrogen and oxygen atoms in total. The van der Waals surface area contributed by atoms with Crippen LogP contribution in [0.2, 0.25) is 0 Å². The quantitative estimate of drug-likeness (QED) is 0.571. The number of nitrogens with zero attached hydrogens (tertiary/aromatic N) is 1. The van der Waals surface area contributed by atoms with E-state index >= 15 is 0 Å². The van der Waals surface area contributed by atoms with Crippen molar-refractivity contribution < 1.29 is 14.3 Å². The third kappa shape index (κ3) is 3.47. The molecule has 0 bridgehead atoms. The van der Waals surface area contributed by atoms with Crippen molar-refractivity contribution in [2.24, 2.45) is 11.8 Å². The first-order chi connectivity index (χ1) is 8.49. The van der Waals surface area contributed by atoms with Crippen LogP contribution in [0.15, 0.2) is 0 Å². The number of rotatable bonds is 4. The van der Waals surface area contributed by atoms with E-state index in [4.69, 9.17) is 4.74 Å². The zero-order valence-corrected chi connectivity index (χ0v) is 11.9. The second-order valence-corrected chi connectivity index (χ2v) is 5.49. The van der Waals surface area contributed by atoms with Crippen molar-refractivity contribution in [1.29, 1.82) is 0 Å². The van der Waals surface area contributed by atoms with Gasteiger partial charge in [0.2, 0.25) is 5.91 Å². The maximum Gasteiger partial charge on any atom is 0.318 e. The lowest BCUT2D eigenvalue weighted by Crippen LogP contribution is -2.45. The summed E-state index contributed by atoms with van der Waals surface area (Å²) in [5.74, 6) is -1.21.